The van der Waals surface area contributed by atoms with E-state index in [4.69, 9.17) is 0 Å². The van der Waals surface area contributed by atoms with Crippen LogP contribution in [0.4, 0.5) is 5.82 Å². The number of hydrogen-bond donors (Lipinski definition) is 1. The highest BCUT2D eigenvalue weighted by molar-refractivity contribution is 5.93. The molecule has 5 heteroatoms. The van der Waals surface area contributed by atoms with Crippen LogP contribution in [0.3, 0.4) is 0 Å². The fourth-order valence-electron chi connectivity index (χ4n) is 1.77. The highest BCUT2D eigenvalue weighted by atomic mass is 16.2. The minimum atomic E-state index is 0.0872. The second-order valence-electron chi connectivity index (χ2n) is 4.52. The first kappa shape index (κ1) is 11.0. The van der Waals surface area contributed by atoms with Gasteiger partial charge in [0.2, 0.25) is 5.91 Å². The standard InChI is InChI=1S/C13H14N4O/c18-13(11-1-2-11)15-12-5-8-17(16-12)9-10-3-6-14-7-4-10/h3-8,11H,1-2,9H2,(H,15,16,18). The molecule has 0 aliphatic heterocycles. The van der Waals surface area contributed by atoms with Crippen molar-refractivity contribution in [1.29, 1.82) is 0 Å². The summed E-state index contributed by atoms with van der Waals surface area (Å²) in [5.41, 5.74) is 1.13. The summed E-state index contributed by atoms with van der Waals surface area (Å²) in [5, 5.41) is 7.15. The van der Waals surface area contributed by atoms with Crippen molar-refractivity contribution in [1.82, 2.24) is 14.8 Å². The average Bonchev–Trinajstić information content (AvgIpc) is 3.15. The van der Waals surface area contributed by atoms with Gasteiger partial charge in [0.05, 0.1) is 6.54 Å². The number of nitrogens with one attached hydrogen (secondary N) is 1. The molecular formula is C13H14N4O. The topological polar surface area (TPSA) is 59.8 Å². The Morgan fingerprint density at radius 3 is 2.83 bits per heavy atom. The monoisotopic (exact) mass is 242 g/mol. The number of hydrogen-bond acceptors (Lipinski definition) is 3. The molecule has 0 atom stereocenters. The van der Waals surface area contributed by atoms with E-state index in [9.17, 15) is 4.79 Å². The van der Waals surface area contributed by atoms with Crippen LogP contribution in [0, 0.1) is 5.92 Å². The van der Waals surface area contributed by atoms with Crippen molar-refractivity contribution in [2.24, 2.45) is 5.92 Å². The summed E-state index contributed by atoms with van der Waals surface area (Å²) in [6.07, 6.45) is 7.39. The van der Waals surface area contributed by atoms with Crippen molar-refractivity contribution in [3.8, 4) is 0 Å². The van der Waals surface area contributed by atoms with Gasteiger partial charge in [-0.15, -0.1) is 0 Å². The number of carbonyl (C=O) groups excluding carboxylic acids is 1. The largest absolute Gasteiger partial charge is 0.309 e. The van der Waals surface area contributed by atoms with Gasteiger partial charge in [-0.25, -0.2) is 0 Å². The number of rotatable bonds is 4. The zero-order valence-corrected chi connectivity index (χ0v) is 9.91. The number of pyridine rings is 1. The van der Waals surface area contributed by atoms with Gasteiger partial charge in [-0.2, -0.15) is 5.10 Å². The molecule has 2 heterocycles. The number of amides is 1. The SMILES string of the molecule is O=C(Nc1ccn(Cc2ccncc2)n1)C1CC1. The van der Waals surface area contributed by atoms with Gasteiger partial charge in [0.15, 0.2) is 5.82 Å². The molecule has 18 heavy (non-hydrogen) atoms. The normalized spacial score (nSPS) is 14.4. The highest BCUT2D eigenvalue weighted by Crippen LogP contribution is 2.29. The van der Waals surface area contributed by atoms with Crippen molar-refractivity contribution >= 4 is 11.7 Å². The Morgan fingerprint density at radius 2 is 2.11 bits per heavy atom. The Morgan fingerprint density at radius 1 is 1.33 bits per heavy atom. The van der Waals surface area contributed by atoms with E-state index in [1.54, 1.807) is 17.1 Å². The van der Waals surface area contributed by atoms with Gasteiger partial charge in [-0.05, 0) is 30.5 Å². The van der Waals surface area contributed by atoms with E-state index >= 15 is 0 Å². The lowest BCUT2D eigenvalue weighted by atomic mass is 10.3. The van der Waals surface area contributed by atoms with Crippen LogP contribution in [-0.2, 0) is 11.3 Å². The van der Waals surface area contributed by atoms with Crippen molar-refractivity contribution < 1.29 is 4.79 Å². The average molecular weight is 242 g/mol. The third-order valence-corrected chi connectivity index (χ3v) is 2.93. The molecule has 2 aromatic heterocycles. The molecular weight excluding hydrogens is 228 g/mol. The minimum Gasteiger partial charge on any atom is -0.309 e. The summed E-state index contributed by atoms with van der Waals surface area (Å²) in [7, 11) is 0. The molecule has 3 rings (SSSR count). The third-order valence-electron chi connectivity index (χ3n) is 2.93. The third kappa shape index (κ3) is 2.56. The zero-order valence-electron chi connectivity index (χ0n) is 9.91. The minimum absolute atomic E-state index is 0.0872. The van der Waals surface area contributed by atoms with Crippen LogP contribution in [0.5, 0.6) is 0 Å². The van der Waals surface area contributed by atoms with Gasteiger partial charge < -0.3 is 5.32 Å². The summed E-state index contributed by atoms with van der Waals surface area (Å²) < 4.78 is 1.80. The molecule has 1 fully saturated rings. The van der Waals surface area contributed by atoms with E-state index in [1.165, 1.54) is 0 Å². The summed E-state index contributed by atoms with van der Waals surface area (Å²) in [5.74, 6) is 0.917. The first-order chi connectivity index (χ1) is 8.81. The summed E-state index contributed by atoms with van der Waals surface area (Å²) in [6, 6.07) is 5.72. The van der Waals surface area contributed by atoms with Gasteiger partial charge in [0.25, 0.3) is 0 Å². The zero-order chi connectivity index (χ0) is 12.4. The van der Waals surface area contributed by atoms with Crippen LogP contribution in [0.2, 0.25) is 0 Å². The van der Waals surface area contributed by atoms with Gasteiger partial charge in [-0.1, -0.05) is 0 Å². The summed E-state index contributed by atoms with van der Waals surface area (Å²) in [6.45, 7) is 0.682. The molecule has 1 N–H and O–H groups in total. The molecule has 0 aromatic carbocycles. The van der Waals surface area contributed by atoms with Crippen molar-refractivity contribution in [3.63, 3.8) is 0 Å². The second kappa shape index (κ2) is 4.60. The lowest BCUT2D eigenvalue weighted by Gasteiger charge is -2.01. The Hall–Kier alpha value is -2.17. The molecule has 0 saturated heterocycles. The Labute approximate surface area is 105 Å². The quantitative estimate of drug-likeness (QED) is 0.887. The number of nitrogens with zero attached hydrogens (tertiary/aromatic N) is 3. The fourth-order valence-corrected chi connectivity index (χ4v) is 1.77. The van der Waals surface area contributed by atoms with Crippen molar-refractivity contribution in [3.05, 3.63) is 42.4 Å². The van der Waals surface area contributed by atoms with Gasteiger partial charge >= 0.3 is 0 Å². The Kier molecular flexibility index (Phi) is 2.80. The van der Waals surface area contributed by atoms with Crippen LogP contribution in [-0.4, -0.2) is 20.7 Å². The van der Waals surface area contributed by atoms with Crippen LogP contribution < -0.4 is 5.32 Å². The van der Waals surface area contributed by atoms with E-state index in [0.717, 1.165) is 18.4 Å². The van der Waals surface area contributed by atoms with Crippen LogP contribution in [0.25, 0.3) is 0 Å². The van der Waals surface area contributed by atoms with Crippen LogP contribution in [0.1, 0.15) is 18.4 Å². The van der Waals surface area contributed by atoms with Gasteiger partial charge in [0.1, 0.15) is 0 Å². The smallest absolute Gasteiger partial charge is 0.228 e. The molecule has 1 aliphatic carbocycles. The first-order valence-electron chi connectivity index (χ1n) is 6.04. The molecule has 0 bridgehead atoms. The maximum atomic E-state index is 11.6. The first-order valence-corrected chi connectivity index (χ1v) is 6.04. The fraction of sp³-hybridized carbons (Fsp3) is 0.308. The molecule has 5 nitrogen and oxygen atoms in total. The van der Waals surface area contributed by atoms with Crippen LogP contribution in [0.15, 0.2) is 36.8 Å². The summed E-state index contributed by atoms with van der Waals surface area (Å²) in [4.78, 5) is 15.5. The van der Waals surface area contributed by atoms with Crippen LogP contribution >= 0.6 is 0 Å². The van der Waals surface area contributed by atoms with E-state index in [2.05, 4.69) is 15.4 Å². The molecule has 0 unspecified atom stereocenters. The molecule has 1 saturated carbocycles. The predicted octanol–water partition coefficient (Wildman–Crippen LogP) is 1.67. The number of aromatic nitrogens is 3. The summed E-state index contributed by atoms with van der Waals surface area (Å²) >= 11 is 0. The molecule has 0 radical (unpaired) electrons. The maximum Gasteiger partial charge on any atom is 0.228 e. The van der Waals surface area contributed by atoms with E-state index < -0.39 is 0 Å². The molecule has 1 amide bonds. The highest BCUT2D eigenvalue weighted by Gasteiger charge is 2.29. The van der Waals surface area contributed by atoms with E-state index in [1.807, 2.05) is 24.4 Å². The second-order valence-corrected chi connectivity index (χ2v) is 4.52. The Balaban J connectivity index is 1.64. The van der Waals surface area contributed by atoms with Gasteiger partial charge in [0, 0.05) is 30.6 Å². The molecule has 92 valence electrons. The van der Waals surface area contributed by atoms with E-state index in [-0.39, 0.29) is 11.8 Å². The Bertz CT molecular complexity index is 545. The molecule has 2 aromatic rings. The number of anilines is 1. The lowest BCUT2D eigenvalue weighted by Crippen LogP contribution is -2.14. The number of carbonyl (C=O) groups is 1. The maximum absolute atomic E-state index is 11.6. The van der Waals surface area contributed by atoms with Crippen molar-refractivity contribution in [2.75, 3.05) is 5.32 Å². The lowest BCUT2D eigenvalue weighted by molar-refractivity contribution is -0.117. The predicted molar refractivity (Wildman–Crippen MR) is 66.9 cm³/mol. The van der Waals surface area contributed by atoms with Crippen molar-refractivity contribution in [2.45, 2.75) is 19.4 Å². The van der Waals surface area contributed by atoms with Gasteiger partial charge in [-0.3, -0.25) is 14.5 Å². The molecule has 0 spiro atoms. The molecule has 1 aliphatic rings. The van der Waals surface area contributed by atoms with E-state index in [0.29, 0.717) is 12.4 Å².